The third kappa shape index (κ3) is 5.69. The van der Waals surface area contributed by atoms with E-state index in [1.165, 1.54) is 24.9 Å². The second kappa shape index (κ2) is 10.2. The van der Waals surface area contributed by atoms with Crippen LogP contribution in [0.15, 0.2) is 42.5 Å². The van der Waals surface area contributed by atoms with Crippen molar-refractivity contribution in [2.24, 2.45) is 0 Å². The normalized spacial score (nSPS) is 16.8. The number of benzene rings is 2. The van der Waals surface area contributed by atoms with Gasteiger partial charge in [-0.15, -0.1) is 0 Å². The minimum atomic E-state index is -0.667. The zero-order valence-corrected chi connectivity index (χ0v) is 18.2. The first-order valence-corrected chi connectivity index (χ1v) is 10.6. The van der Waals surface area contributed by atoms with Gasteiger partial charge in [-0.1, -0.05) is 42.2 Å². The molecule has 1 fully saturated rings. The summed E-state index contributed by atoms with van der Waals surface area (Å²) in [6.07, 6.45) is 0.587. The molecule has 3 rings (SSSR count). The molecule has 1 aliphatic rings. The van der Waals surface area contributed by atoms with Gasteiger partial charge in [-0.2, -0.15) is 0 Å². The van der Waals surface area contributed by atoms with Crippen LogP contribution in [0.5, 0.6) is 11.5 Å². The number of ether oxygens (including phenoxy) is 2. The van der Waals surface area contributed by atoms with Gasteiger partial charge in [-0.25, -0.2) is 9.23 Å². The van der Waals surface area contributed by atoms with Crippen molar-refractivity contribution in [3.8, 4) is 11.5 Å². The predicted octanol–water partition coefficient (Wildman–Crippen LogP) is 3.50. The van der Waals surface area contributed by atoms with Crippen LogP contribution in [-0.4, -0.2) is 34.6 Å². The maximum atomic E-state index is 14.5. The number of methoxy groups -OCH3 is 1. The van der Waals surface area contributed by atoms with Crippen molar-refractivity contribution in [1.82, 2.24) is 10.2 Å². The van der Waals surface area contributed by atoms with Crippen LogP contribution in [0, 0.1) is 5.82 Å². The van der Waals surface area contributed by atoms with E-state index in [-0.39, 0.29) is 12.3 Å². The minimum Gasteiger partial charge on any atom is -0.468 e. The van der Waals surface area contributed by atoms with Crippen molar-refractivity contribution in [2.75, 3.05) is 7.11 Å². The second-order valence-corrected chi connectivity index (χ2v) is 8.57. The first-order valence-electron chi connectivity index (χ1n) is 8.90. The molecule has 2 aromatic rings. The van der Waals surface area contributed by atoms with Crippen LogP contribution in [0.1, 0.15) is 11.1 Å². The molecule has 1 unspecified atom stereocenters. The number of nitrogens with one attached hydrogen (secondary N) is 2. The zero-order chi connectivity index (χ0) is 21.7. The molecule has 0 radical (unpaired) electrons. The molecule has 158 valence electrons. The van der Waals surface area contributed by atoms with Gasteiger partial charge in [0.2, 0.25) is 5.91 Å². The van der Waals surface area contributed by atoms with E-state index in [0.29, 0.717) is 27.8 Å². The molecule has 10 heteroatoms. The summed E-state index contributed by atoms with van der Waals surface area (Å²) in [4.78, 5) is 25.8. The maximum absolute atomic E-state index is 14.5. The van der Waals surface area contributed by atoms with Crippen LogP contribution in [0.2, 0.25) is 0 Å². The summed E-state index contributed by atoms with van der Waals surface area (Å²) in [7, 11) is 1.29. The van der Waals surface area contributed by atoms with Gasteiger partial charge in [0.25, 0.3) is 0 Å². The van der Waals surface area contributed by atoms with E-state index >= 15 is 0 Å². The summed E-state index contributed by atoms with van der Waals surface area (Å²) in [6, 6.07) is 10.8. The molecule has 1 heterocycles. The predicted molar refractivity (Wildman–Crippen MR) is 117 cm³/mol. The van der Waals surface area contributed by atoms with Crippen LogP contribution in [0.4, 0.5) is 4.39 Å². The fourth-order valence-electron chi connectivity index (χ4n) is 2.86. The maximum Gasteiger partial charge on any atom is 0.324 e. The van der Waals surface area contributed by atoms with Crippen molar-refractivity contribution >= 4 is 52.0 Å². The Labute approximate surface area is 187 Å². The van der Waals surface area contributed by atoms with Crippen LogP contribution in [0.25, 0.3) is 0 Å². The van der Waals surface area contributed by atoms with E-state index in [1.54, 1.807) is 36.4 Å². The molecule has 0 spiro atoms. The summed E-state index contributed by atoms with van der Waals surface area (Å²) in [5.74, 6) is -0.280. The fraction of sp³-hybridized carbons (Fsp3) is 0.250. The molecule has 1 aliphatic heterocycles. The molecular weight excluding hydrogens is 451 g/mol. The third-order valence-electron chi connectivity index (χ3n) is 4.41. The Kier molecular flexibility index (Phi) is 7.65. The molecule has 1 saturated heterocycles. The monoisotopic (exact) mass is 468 g/mol. The molecule has 0 aromatic heterocycles. The highest BCUT2D eigenvalue weighted by atomic mass is 35.5. The van der Waals surface area contributed by atoms with E-state index in [0.717, 1.165) is 5.56 Å². The number of thiocarbonyl (C=S) groups is 1. The molecule has 2 N–H and O–H groups in total. The smallest absolute Gasteiger partial charge is 0.324 e. The van der Waals surface area contributed by atoms with Gasteiger partial charge in [-0.3, -0.25) is 9.59 Å². The average Bonchev–Trinajstić information content (AvgIpc) is 3.05. The lowest BCUT2D eigenvalue weighted by molar-refractivity contribution is -0.142. The number of hydrogen-bond acceptors (Lipinski definition) is 7. The Morgan fingerprint density at radius 2 is 2.00 bits per heavy atom. The van der Waals surface area contributed by atoms with Crippen molar-refractivity contribution < 1.29 is 23.5 Å². The van der Waals surface area contributed by atoms with Crippen molar-refractivity contribution in [3.05, 3.63) is 59.4 Å². The van der Waals surface area contributed by atoms with E-state index in [2.05, 4.69) is 14.9 Å². The molecule has 30 heavy (non-hydrogen) atoms. The number of hydrogen-bond donors (Lipinski definition) is 2. The van der Waals surface area contributed by atoms with Crippen LogP contribution in [-0.2, 0) is 27.2 Å². The first kappa shape index (κ1) is 22.5. The van der Waals surface area contributed by atoms with Gasteiger partial charge >= 0.3 is 5.97 Å². The molecular formula is C20H18ClFN2O4S2. The summed E-state index contributed by atoms with van der Waals surface area (Å²) in [6.45, 7) is 0. The fourth-order valence-corrected chi connectivity index (χ4v) is 4.32. The number of amides is 1. The Hall–Kier alpha value is -2.20. The van der Waals surface area contributed by atoms with Gasteiger partial charge in [-0.05, 0) is 53.9 Å². The Balaban J connectivity index is 1.62. The molecule has 2 atom stereocenters. The first-order chi connectivity index (χ1) is 14.4. The standard InChI is InChI=1S/C20H18ClFN2O4S2/c1-27-19(26)16(24-21)8-11-2-5-13(6-3-11)28-14-7-4-12(15(22)10-14)9-17-18(25)23-20(29)30-17/h2-7,10,16-17,24H,8-9H2,1H3,(H,23,25,29)/t16-,17?/m0/s1. The Morgan fingerprint density at radius 1 is 1.30 bits per heavy atom. The lowest BCUT2D eigenvalue weighted by atomic mass is 10.1. The largest absolute Gasteiger partial charge is 0.468 e. The molecule has 0 aliphatic carbocycles. The van der Waals surface area contributed by atoms with Gasteiger partial charge in [0.05, 0.1) is 12.4 Å². The summed E-state index contributed by atoms with van der Waals surface area (Å²) >= 11 is 11.8. The van der Waals surface area contributed by atoms with Crippen LogP contribution >= 0.6 is 35.8 Å². The summed E-state index contributed by atoms with van der Waals surface area (Å²) < 4.78 is 25.3. The highest BCUT2D eigenvalue weighted by Gasteiger charge is 2.29. The number of carbonyl (C=O) groups is 2. The Morgan fingerprint density at radius 3 is 2.57 bits per heavy atom. The van der Waals surface area contributed by atoms with Crippen LogP contribution in [0.3, 0.4) is 0 Å². The van der Waals surface area contributed by atoms with Gasteiger partial charge in [0, 0.05) is 6.07 Å². The third-order valence-corrected chi connectivity index (χ3v) is 6.05. The number of halogens is 2. The van der Waals surface area contributed by atoms with Crippen molar-refractivity contribution in [3.63, 3.8) is 0 Å². The summed E-state index contributed by atoms with van der Waals surface area (Å²) in [5, 5.41) is 2.12. The number of esters is 1. The van der Waals surface area contributed by atoms with E-state index < -0.39 is 23.1 Å². The molecule has 6 nitrogen and oxygen atoms in total. The number of carbonyl (C=O) groups excluding carboxylic acids is 2. The summed E-state index contributed by atoms with van der Waals surface area (Å²) in [5.41, 5.74) is 1.26. The number of rotatable bonds is 8. The average molecular weight is 469 g/mol. The number of thioether (sulfide) groups is 1. The second-order valence-electron chi connectivity index (χ2n) is 6.48. The highest BCUT2D eigenvalue weighted by Crippen LogP contribution is 2.28. The zero-order valence-electron chi connectivity index (χ0n) is 15.8. The van der Waals surface area contributed by atoms with Crippen molar-refractivity contribution in [2.45, 2.75) is 24.1 Å². The lowest BCUT2D eigenvalue weighted by Gasteiger charge is -2.13. The Bertz CT molecular complexity index is 958. The molecule has 1 amide bonds. The molecule has 2 aromatic carbocycles. The van der Waals surface area contributed by atoms with Gasteiger partial charge in [0.1, 0.15) is 27.7 Å². The van der Waals surface area contributed by atoms with Gasteiger partial charge < -0.3 is 14.8 Å². The van der Waals surface area contributed by atoms with E-state index in [9.17, 15) is 14.0 Å². The van der Waals surface area contributed by atoms with E-state index in [4.69, 9.17) is 28.7 Å². The van der Waals surface area contributed by atoms with E-state index in [1.807, 2.05) is 0 Å². The quantitative estimate of drug-likeness (QED) is 0.349. The minimum absolute atomic E-state index is 0.205. The highest BCUT2D eigenvalue weighted by molar-refractivity contribution is 8.24. The topological polar surface area (TPSA) is 76.7 Å². The lowest BCUT2D eigenvalue weighted by Crippen LogP contribution is -2.33. The van der Waals surface area contributed by atoms with Crippen LogP contribution < -0.4 is 14.9 Å². The SMILES string of the molecule is COC(=O)[C@H](Cc1ccc(Oc2ccc(CC3SC(=S)NC3=O)c(F)c2)cc1)NCl. The molecule has 0 bridgehead atoms. The molecule has 0 saturated carbocycles. The van der Waals surface area contributed by atoms with Crippen molar-refractivity contribution in [1.29, 1.82) is 0 Å². The van der Waals surface area contributed by atoms with Gasteiger partial charge in [0.15, 0.2) is 0 Å².